The topological polar surface area (TPSA) is 91.8 Å². The first-order valence-electron chi connectivity index (χ1n) is 11.9. The van der Waals surface area contributed by atoms with Crippen LogP contribution in [0, 0.1) is 12.8 Å². The highest BCUT2D eigenvalue weighted by Gasteiger charge is 2.54. The molecular weight excluding hydrogens is 452 g/mol. The maximum atomic E-state index is 13.5. The maximum Gasteiger partial charge on any atom is 0.325 e. The van der Waals surface area contributed by atoms with Crippen molar-refractivity contribution in [3.05, 3.63) is 46.4 Å². The molecule has 34 heavy (non-hydrogen) atoms. The third-order valence-electron chi connectivity index (χ3n) is 7.07. The Bertz CT molecular complexity index is 1030. The van der Waals surface area contributed by atoms with E-state index in [1.807, 2.05) is 44.2 Å². The molecule has 0 saturated carbocycles. The van der Waals surface area contributed by atoms with Crippen LogP contribution >= 0.6 is 11.3 Å². The molecule has 4 amide bonds. The molecule has 2 fully saturated rings. The van der Waals surface area contributed by atoms with E-state index in [4.69, 9.17) is 4.74 Å². The van der Waals surface area contributed by atoms with Gasteiger partial charge in [-0.05, 0) is 51.2 Å². The van der Waals surface area contributed by atoms with Crippen LogP contribution in [-0.4, -0.2) is 63.9 Å². The number of likely N-dealkylation sites (tertiary alicyclic amines) is 1. The highest BCUT2D eigenvalue weighted by molar-refractivity contribution is 7.09. The predicted octanol–water partition coefficient (Wildman–Crippen LogP) is 3.40. The SMILES string of the molecule is CC[C@]1(C2CCN(C(=O)[C@H](C)Oc3ccccc3)CC2)NC(=O)N(CCc2scnc2C)C1=O. The molecule has 1 aromatic heterocycles. The molecule has 2 aromatic rings. The summed E-state index contributed by atoms with van der Waals surface area (Å²) < 4.78 is 5.80. The number of urea groups is 1. The van der Waals surface area contributed by atoms with Gasteiger partial charge in [0.25, 0.3) is 11.8 Å². The summed E-state index contributed by atoms with van der Waals surface area (Å²) in [7, 11) is 0. The van der Waals surface area contributed by atoms with Crippen molar-refractivity contribution < 1.29 is 19.1 Å². The molecule has 0 spiro atoms. The van der Waals surface area contributed by atoms with Crippen LogP contribution in [0.2, 0.25) is 0 Å². The fourth-order valence-electron chi connectivity index (χ4n) is 5.04. The van der Waals surface area contributed by atoms with Gasteiger partial charge < -0.3 is 15.0 Å². The lowest BCUT2D eigenvalue weighted by atomic mass is 9.75. The molecule has 1 aromatic carbocycles. The lowest BCUT2D eigenvalue weighted by molar-refractivity contribution is -0.140. The second kappa shape index (κ2) is 10.1. The first kappa shape index (κ1) is 24.2. The molecule has 182 valence electrons. The first-order valence-corrected chi connectivity index (χ1v) is 12.8. The van der Waals surface area contributed by atoms with Crippen molar-refractivity contribution in [3.8, 4) is 5.75 Å². The summed E-state index contributed by atoms with van der Waals surface area (Å²) in [6.07, 6.45) is 1.87. The number of hydrogen-bond donors (Lipinski definition) is 1. The van der Waals surface area contributed by atoms with Gasteiger partial charge in [-0.1, -0.05) is 25.1 Å². The average Bonchev–Trinajstić information content (AvgIpc) is 3.37. The predicted molar refractivity (Wildman–Crippen MR) is 130 cm³/mol. The van der Waals surface area contributed by atoms with Gasteiger partial charge in [0.1, 0.15) is 11.3 Å². The molecule has 2 saturated heterocycles. The zero-order valence-corrected chi connectivity index (χ0v) is 20.8. The highest BCUT2D eigenvalue weighted by atomic mass is 32.1. The number of carbonyl (C=O) groups is 3. The Morgan fingerprint density at radius 1 is 1.26 bits per heavy atom. The number of imide groups is 1. The Hall–Kier alpha value is -2.94. The van der Waals surface area contributed by atoms with Crippen LogP contribution in [-0.2, 0) is 16.0 Å². The van der Waals surface area contributed by atoms with Crippen molar-refractivity contribution in [1.29, 1.82) is 0 Å². The molecular formula is C25H32N4O4S. The van der Waals surface area contributed by atoms with Gasteiger partial charge in [-0.3, -0.25) is 14.5 Å². The van der Waals surface area contributed by atoms with Crippen molar-refractivity contribution in [2.24, 2.45) is 5.92 Å². The zero-order valence-electron chi connectivity index (χ0n) is 20.0. The summed E-state index contributed by atoms with van der Waals surface area (Å²) in [6, 6.07) is 8.98. The summed E-state index contributed by atoms with van der Waals surface area (Å²) in [5, 5.41) is 3.03. The smallest absolute Gasteiger partial charge is 0.325 e. The molecule has 8 nitrogen and oxygen atoms in total. The molecule has 4 rings (SSSR count). The second-order valence-electron chi connectivity index (χ2n) is 9.00. The molecule has 0 bridgehead atoms. The van der Waals surface area contributed by atoms with Gasteiger partial charge in [0.15, 0.2) is 6.10 Å². The minimum atomic E-state index is -0.902. The van der Waals surface area contributed by atoms with Crippen LogP contribution in [0.5, 0.6) is 5.75 Å². The Balaban J connectivity index is 1.36. The Kier molecular flexibility index (Phi) is 7.21. The van der Waals surface area contributed by atoms with Crippen LogP contribution < -0.4 is 10.1 Å². The molecule has 0 aliphatic carbocycles. The van der Waals surface area contributed by atoms with Crippen molar-refractivity contribution >= 4 is 29.2 Å². The van der Waals surface area contributed by atoms with E-state index >= 15 is 0 Å². The summed E-state index contributed by atoms with van der Waals surface area (Å²) in [5.74, 6) is 0.443. The number of thiazole rings is 1. The van der Waals surface area contributed by atoms with E-state index in [1.54, 1.807) is 28.7 Å². The number of piperidine rings is 1. The number of amides is 4. The van der Waals surface area contributed by atoms with Crippen molar-refractivity contribution in [2.75, 3.05) is 19.6 Å². The largest absolute Gasteiger partial charge is 0.481 e. The van der Waals surface area contributed by atoms with E-state index in [0.29, 0.717) is 51.1 Å². The summed E-state index contributed by atoms with van der Waals surface area (Å²) in [4.78, 5) is 47.7. The fraction of sp³-hybridized carbons (Fsp3) is 0.520. The number of para-hydroxylation sites is 1. The number of benzene rings is 1. The van der Waals surface area contributed by atoms with Gasteiger partial charge in [-0.25, -0.2) is 9.78 Å². The van der Waals surface area contributed by atoms with Gasteiger partial charge in [0, 0.05) is 30.9 Å². The lowest BCUT2D eigenvalue weighted by Crippen LogP contribution is -2.57. The lowest BCUT2D eigenvalue weighted by Gasteiger charge is -2.41. The van der Waals surface area contributed by atoms with Gasteiger partial charge in [-0.15, -0.1) is 11.3 Å². The van der Waals surface area contributed by atoms with Gasteiger partial charge >= 0.3 is 6.03 Å². The van der Waals surface area contributed by atoms with E-state index in [-0.39, 0.29) is 23.8 Å². The third-order valence-corrected chi connectivity index (χ3v) is 8.07. The number of hydrogen-bond acceptors (Lipinski definition) is 6. The van der Waals surface area contributed by atoms with E-state index in [0.717, 1.165) is 10.6 Å². The molecule has 2 aliphatic heterocycles. The number of nitrogens with one attached hydrogen (secondary N) is 1. The van der Waals surface area contributed by atoms with Gasteiger partial charge in [0.2, 0.25) is 0 Å². The molecule has 9 heteroatoms. The number of nitrogens with zero attached hydrogens (tertiary/aromatic N) is 3. The average molecular weight is 485 g/mol. The zero-order chi connectivity index (χ0) is 24.3. The van der Waals surface area contributed by atoms with E-state index in [2.05, 4.69) is 10.3 Å². The highest BCUT2D eigenvalue weighted by Crippen LogP contribution is 2.36. The monoisotopic (exact) mass is 484 g/mol. The molecule has 0 radical (unpaired) electrons. The first-order chi connectivity index (χ1) is 16.4. The van der Waals surface area contributed by atoms with E-state index in [9.17, 15) is 14.4 Å². The molecule has 0 unspecified atom stereocenters. The standard InChI is InChI=1S/C25H32N4O4S/c1-4-25(23(31)29(24(32)27-25)15-12-21-17(2)26-16-34-21)19-10-13-28(14-11-19)22(30)18(3)33-20-8-6-5-7-9-20/h5-9,16,18-19H,4,10-15H2,1-3H3,(H,27,32)/t18-,25+/m0/s1. The molecule has 3 heterocycles. The number of carbonyl (C=O) groups excluding carboxylic acids is 3. The number of ether oxygens (including phenoxy) is 1. The van der Waals surface area contributed by atoms with Crippen molar-refractivity contribution in [1.82, 2.24) is 20.1 Å². The quantitative estimate of drug-likeness (QED) is 0.580. The Morgan fingerprint density at radius 3 is 2.59 bits per heavy atom. The van der Waals surface area contributed by atoms with Crippen LogP contribution in [0.3, 0.4) is 0 Å². The van der Waals surface area contributed by atoms with Crippen LogP contribution in [0.4, 0.5) is 4.79 Å². The maximum absolute atomic E-state index is 13.5. The van der Waals surface area contributed by atoms with Crippen molar-refractivity contribution in [2.45, 2.75) is 58.1 Å². The molecule has 2 atom stereocenters. The Labute approximate surface area is 204 Å². The summed E-state index contributed by atoms with van der Waals surface area (Å²) in [5.41, 5.74) is 1.83. The van der Waals surface area contributed by atoms with Crippen LogP contribution in [0.1, 0.15) is 43.7 Å². The second-order valence-corrected chi connectivity index (χ2v) is 9.93. The molecule has 2 aliphatic rings. The summed E-state index contributed by atoms with van der Waals surface area (Å²) >= 11 is 1.55. The van der Waals surface area contributed by atoms with Gasteiger partial charge in [0.05, 0.1) is 11.2 Å². The number of aryl methyl sites for hydroxylation is 1. The normalized spacial score (nSPS) is 22.1. The van der Waals surface area contributed by atoms with Gasteiger partial charge in [-0.2, -0.15) is 0 Å². The third kappa shape index (κ3) is 4.66. The van der Waals surface area contributed by atoms with Crippen LogP contribution in [0.25, 0.3) is 0 Å². The van der Waals surface area contributed by atoms with E-state index in [1.165, 1.54) is 4.90 Å². The minimum Gasteiger partial charge on any atom is -0.481 e. The minimum absolute atomic E-state index is 0.0153. The fourth-order valence-corrected chi connectivity index (χ4v) is 5.81. The van der Waals surface area contributed by atoms with Crippen LogP contribution in [0.15, 0.2) is 35.8 Å². The van der Waals surface area contributed by atoms with Crippen molar-refractivity contribution in [3.63, 3.8) is 0 Å². The Morgan fingerprint density at radius 2 is 1.97 bits per heavy atom. The molecule has 1 N–H and O–H groups in total. The number of rotatable bonds is 8. The van der Waals surface area contributed by atoms with E-state index < -0.39 is 11.6 Å². The summed E-state index contributed by atoms with van der Waals surface area (Å²) in [6.45, 7) is 7.07. The number of aromatic nitrogens is 1.